The summed E-state index contributed by atoms with van der Waals surface area (Å²) in [7, 11) is 0. The lowest BCUT2D eigenvalue weighted by atomic mass is 10.1. The van der Waals surface area contributed by atoms with Crippen molar-refractivity contribution in [1.82, 2.24) is 0 Å². The number of amides is 1. The second-order valence-electron chi connectivity index (χ2n) is 5.87. The zero-order valence-corrected chi connectivity index (χ0v) is 14.4. The molecule has 132 valence electrons. The quantitative estimate of drug-likeness (QED) is 0.836. The Bertz CT molecular complexity index is 727. The molecule has 4 nitrogen and oxygen atoms in total. The van der Waals surface area contributed by atoms with Gasteiger partial charge in [0.25, 0.3) is 0 Å². The summed E-state index contributed by atoms with van der Waals surface area (Å²) in [6.07, 6.45) is 1.95. The van der Waals surface area contributed by atoms with E-state index in [-0.39, 0.29) is 29.0 Å². The van der Waals surface area contributed by atoms with E-state index in [2.05, 4.69) is 5.32 Å². The summed E-state index contributed by atoms with van der Waals surface area (Å²) in [4.78, 5) is 12.3. The number of carbonyl (C=O) groups excluding carboxylic acids is 1. The molecule has 1 atom stereocenters. The van der Waals surface area contributed by atoms with Crippen LogP contribution in [0, 0.1) is 5.82 Å². The summed E-state index contributed by atoms with van der Waals surface area (Å²) in [6, 6.07) is 11.5. The van der Waals surface area contributed by atoms with E-state index in [1.54, 1.807) is 24.3 Å². The summed E-state index contributed by atoms with van der Waals surface area (Å²) in [5, 5.41) is 2.99. The molecule has 1 aliphatic rings. The monoisotopic (exact) mass is 363 g/mol. The van der Waals surface area contributed by atoms with Crippen LogP contribution in [0.2, 0.25) is 5.02 Å². The minimum Gasteiger partial charge on any atom is -0.489 e. The summed E-state index contributed by atoms with van der Waals surface area (Å²) in [5.41, 5.74) is 0.720. The van der Waals surface area contributed by atoms with Crippen molar-refractivity contribution in [2.75, 3.05) is 18.5 Å². The van der Waals surface area contributed by atoms with Crippen molar-refractivity contribution < 1.29 is 18.7 Å². The molecule has 1 heterocycles. The van der Waals surface area contributed by atoms with E-state index in [9.17, 15) is 9.18 Å². The van der Waals surface area contributed by atoms with E-state index in [1.807, 2.05) is 6.07 Å². The Labute approximate surface area is 150 Å². The molecule has 6 heteroatoms. The van der Waals surface area contributed by atoms with Crippen LogP contribution < -0.4 is 10.1 Å². The van der Waals surface area contributed by atoms with Crippen LogP contribution in [-0.2, 0) is 16.0 Å². The Kier molecular flexibility index (Phi) is 5.89. The first-order chi connectivity index (χ1) is 12.1. The van der Waals surface area contributed by atoms with Gasteiger partial charge in [0, 0.05) is 17.2 Å². The van der Waals surface area contributed by atoms with Gasteiger partial charge in [0.15, 0.2) is 0 Å². The average molecular weight is 364 g/mol. The molecule has 1 amide bonds. The van der Waals surface area contributed by atoms with E-state index in [0.29, 0.717) is 18.0 Å². The number of ether oxygens (including phenoxy) is 2. The summed E-state index contributed by atoms with van der Waals surface area (Å²) in [5.74, 6) is -0.295. The third-order valence-electron chi connectivity index (χ3n) is 4.01. The number of carbonyl (C=O) groups is 1. The van der Waals surface area contributed by atoms with Gasteiger partial charge >= 0.3 is 0 Å². The first-order valence-corrected chi connectivity index (χ1v) is 8.57. The molecule has 0 bridgehead atoms. The topological polar surface area (TPSA) is 47.6 Å². The van der Waals surface area contributed by atoms with Gasteiger partial charge in [-0.15, -0.1) is 0 Å². The van der Waals surface area contributed by atoms with Crippen LogP contribution in [-0.4, -0.2) is 25.2 Å². The van der Waals surface area contributed by atoms with Gasteiger partial charge in [-0.25, -0.2) is 4.39 Å². The Balaban J connectivity index is 1.64. The van der Waals surface area contributed by atoms with Gasteiger partial charge in [-0.3, -0.25) is 4.79 Å². The molecule has 0 spiro atoms. The third-order valence-corrected chi connectivity index (χ3v) is 4.36. The molecule has 0 aliphatic carbocycles. The lowest BCUT2D eigenvalue weighted by Gasteiger charge is -2.15. The summed E-state index contributed by atoms with van der Waals surface area (Å²) >= 11 is 5.97. The smallest absolute Gasteiger partial charge is 0.229 e. The van der Waals surface area contributed by atoms with Crippen molar-refractivity contribution in [2.24, 2.45) is 0 Å². The molecule has 1 saturated heterocycles. The zero-order valence-electron chi connectivity index (χ0n) is 13.6. The molecule has 3 rings (SSSR count). The number of hydrogen-bond acceptors (Lipinski definition) is 3. The van der Waals surface area contributed by atoms with Crippen LogP contribution in [0.25, 0.3) is 0 Å². The largest absolute Gasteiger partial charge is 0.489 e. The fourth-order valence-corrected chi connectivity index (χ4v) is 2.94. The van der Waals surface area contributed by atoms with Crippen LogP contribution >= 0.6 is 11.6 Å². The summed E-state index contributed by atoms with van der Waals surface area (Å²) in [6.45, 7) is 1.20. The van der Waals surface area contributed by atoms with E-state index < -0.39 is 5.82 Å². The molecule has 0 saturated carbocycles. The predicted octanol–water partition coefficient (Wildman–Crippen LogP) is 4.22. The number of halogens is 2. The van der Waals surface area contributed by atoms with Crippen molar-refractivity contribution in [3.63, 3.8) is 0 Å². The molecule has 2 aromatic carbocycles. The van der Waals surface area contributed by atoms with Gasteiger partial charge in [0.1, 0.15) is 18.2 Å². The number of para-hydroxylation sites is 2. The van der Waals surface area contributed by atoms with Crippen molar-refractivity contribution in [1.29, 1.82) is 0 Å². The fourth-order valence-electron chi connectivity index (χ4n) is 2.71. The Hall–Kier alpha value is -2.11. The molecule has 25 heavy (non-hydrogen) atoms. The molecule has 1 aliphatic heterocycles. The van der Waals surface area contributed by atoms with Gasteiger partial charge in [-0.05, 0) is 37.1 Å². The number of benzene rings is 2. The Morgan fingerprint density at radius 1 is 1.28 bits per heavy atom. The average Bonchev–Trinajstić information content (AvgIpc) is 3.11. The Morgan fingerprint density at radius 2 is 2.12 bits per heavy atom. The van der Waals surface area contributed by atoms with E-state index in [4.69, 9.17) is 21.1 Å². The van der Waals surface area contributed by atoms with Gasteiger partial charge < -0.3 is 14.8 Å². The zero-order chi connectivity index (χ0) is 17.6. The van der Waals surface area contributed by atoms with Crippen molar-refractivity contribution in [3.05, 3.63) is 58.9 Å². The van der Waals surface area contributed by atoms with Gasteiger partial charge in [-0.1, -0.05) is 29.8 Å². The number of nitrogens with one attached hydrogen (secondary N) is 1. The number of hydrogen-bond donors (Lipinski definition) is 1. The third kappa shape index (κ3) is 4.71. The standard InChI is InChI=1S/C19H19ClFNO3/c20-15-6-3-7-16(21)14(15)11-19(23)22-17-8-1-2-9-18(17)25-12-13-5-4-10-24-13/h1-3,6-9,13H,4-5,10-12H2,(H,22,23). The lowest BCUT2D eigenvalue weighted by Crippen LogP contribution is -2.19. The molecule has 0 aromatic heterocycles. The molecular formula is C19H19ClFNO3. The highest BCUT2D eigenvalue weighted by atomic mass is 35.5. The molecule has 2 aromatic rings. The lowest BCUT2D eigenvalue weighted by molar-refractivity contribution is -0.115. The van der Waals surface area contributed by atoms with Gasteiger partial charge in [0.05, 0.1) is 18.2 Å². The fraction of sp³-hybridized carbons (Fsp3) is 0.316. The maximum absolute atomic E-state index is 13.8. The second-order valence-corrected chi connectivity index (χ2v) is 6.27. The van der Waals surface area contributed by atoms with Gasteiger partial charge in [-0.2, -0.15) is 0 Å². The summed E-state index contributed by atoms with van der Waals surface area (Å²) < 4.78 is 25.1. The minimum atomic E-state index is -0.495. The normalized spacial score (nSPS) is 16.6. The van der Waals surface area contributed by atoms with Crippen molar-refractivity contribution in [3.8, 4) is 5.75 Å². The molecule has 1 fully saturated rings. The number of rotatable bonds is 6. The first kappa shape index (κ1) is 17.7. The van der Waals surface area contributed by atoms with E-state index >= 15 is 0 Å². The molecule has 1 unspecified atom stereocenters. The molecule has 1 N–H and O–H groups in total. The maximum atomic E-state index is 13.8. The van der Waals surface area contributed by atoms with E-state index in [0.717, 1.165) is 19.4 Å². The predicted molar refractivity (Wildman–Crippen MR) is 94.7 cm³/mol. The van der Waals surface area contributed by atoms with Gasteiger partial charge in [0.2, 0.25) is 5.91 Å². The highest BCUT2D eigenvalue weighted by Gasteiger charge is 2.18. The Morgan fingerprint density at radius 3 is 2.88 bits per heavy atom. The van der Waals surface area contributed by atoms with E-state index in [1.165, 1.54) is 12.1 Å². The van der Waals surface area contributed by atoms with Crippen molar-refractivity contribution >= 4 is 23.2 Å². The highest BCUT2D eigenvalue weighted by Crippen LogP contribution is 2.26. The van der Waals surface area contributed by atoms with Crippen LogP contribution in [0.1, 0.15) is 18.4 Å². The van der Waals surface area contributed by atoms with Crippen molar-refractivity contribution in [2.45, 2.75) is 25.4 Å². The molecular weight excluding hydrogens is 345 g/mol. The number of anilines is 1. The van der Waals surface area contributed by atoms with Crippen LogP contribution in [0.15, 0.2) is 42.5 Å². The van der Waals surface area contributed by atoms with Crippen LogP contribution in [0.4, 0.5) is 10.1 Å². The first-order valence-electron chi connectivity index (χ1n) is 8.19. The molecule has 0 radical (unpaired) electrons. The minimum absolute atomic E-state index is 0.0842. The highest BCUT2D eigenvalue weighted by molar-refractivity contribution is 6.31. The second kappa shape index (κ2) is 8.32. The van der Waals surface area contributed by atoms with Crippen LogP contribution in [0.5, 0.6) is 5.75 Å². The maximum Gasteiger partial charge on any atom is 0.229 e. The van der Waals surface area contributed by atoms with Crippen LogP contribution in [0.3, 0.4) is 0 Å². The SMILES string of the molecule is O=C(Cc1c(F)cccc1Cl)Nc1ccccc1OCC1CCCO1.